The lowest BCUT2D eigenvalue weighted by molar-refractivity contribution is -0.575. The number of rotatable bonds is 4. The highest BCUT2D eigenvalue weighted by Gasteiger charge is 2.24. The summed E-state index contributed by atoms with van der Waals surface area (Å²) in [4.78, 5) is 9.87. The van der Waals surface area contributed by atoms with Crippen LogP contribution < -0.4 is 9.30 Å². The Labute approximate surface area is 330 Å². The summed E-state index contributed by atoms with van der Waals surface area (Å²) in [5, 5.41) is 2.32. The number of nitrogens with zero attached hydrogens (tertiary/aromatic N) is 5. The molecule has 1 aliphatic rings. The molecule has 0 N–H and O–H groups in total. The van der Waals surface area contributed by atoms with Crippen molar-refractivity contribution in [1.82, 2.24) is 19.1 Å². The summed E-state index contributed by atoms with van der Waals surface area (Å²) in [6, 6.07) is 55.3. The average Bonchev–Trinajstić information content (AvgIpc) is 3.80. The van der Waals surface area contributed by atoms with E-state index in [0.29, 0.717) is 0 Å². The lowest BCUT2D eigenvalue weighted by atomic mass is 9.88. The summed E-state index contributed by atoms with van der Waals surface area (Å²) >= 11 is 0. The van der Waals surface area contributed by atoms with Crippen LogP contribution in [-0.2, 0) is 5.41 Å². The Kier molecular flexibility index (Phi) is 7.32. The van der Waals surface area contributed by atoms with E-state index in [-0.39, 0.29) is 5.41 Å². The van der Waals surface area contributed by atoms with Crippen LogP contribution in [0.1, 0.15) is 26.3 Å². The normalized spacial score (nSPS) is 12.1. The Bertz CT molecular complexity index is 3220. The third-order valence-electron chi connectivity index (χ3n) is 11.2. The molecule has 0 aliphatic carbocycles. The van der Waals surface area contributed by atoms with Crippen molar-refractivity contribution in [2.45, 2.75) is 26.2 Å². The highest BCUT2D eigenvalue weighted by atomic mass is 16.5. The minimum atomic E-state index is -0.00957. The summed E-state index contributed by atoms with van der Waals surface area (Å²) in [6.07, 6.45) is 7.51. The van der Waals surface area contributed by atoms with Crippen molar-refractivity contribution in [2.24, 2.45) is 0 Å². The van der Waals surface area contributed by atoms with Gasteiger partial charge >= 0.3 is 0 Å². The van der Waals surface area contributed by atoms with Crippen LogP contribution in [0.2, 0.25) is 0 Å². The molecule has 4 aromatic heterocycles. The van der Waals surface area contributed by atoms with E-state index in [4.69, 9.17) is 14.7 Å². The fourth-order valence-corrected chi connectivity index (χ4v) is 8.50. The van der Waals surface area contributed by atoms with Gasteiger partial charge in [0.15, 0.2) is 6.33 Å². The molecule has 6 nitrogen and oxygen atoms in total. The van der Waals surface area contributed by atoms with Crippen LogP contribution in [0, 0.1) is 6.33 Å². The van der Waals surface area contributed by atoms with E-state index in [1.54, 1.807) is 0 Å². The molecule has 0 amide bonds. The van der Waals surface area contributed by atoms with Crippen molar-refractivity contribution in [1.29, 1.82) is 0 Å². The molecule has 0 saturated carbocycles. The van der Waals surface area contributed by atoms with Gasteiger partial charge in [0.05, 0.1) is 22.7 Å². The van der Waals surface area contributed by atoms with Crippen LogP contribution in [-0.4, -0.2) is 19.1 Å². The van der Waals surface area contributed by atoms with Gasteiger partial charge in [-0.1, -0.05) is 124 Å². The lowest BCUT2D eigenvalue weighted by Crippen LogP contribution is -2.32. The predicted molar refractivity (Wildman–Crippen MR) is 229 cm³/mol. The van der Waals surface area contributed by atoms with Crippen LogP contribution in [0.4, 0.5) is 0 Å². The van der Waals surface area contributed by atoms with E-state index < -0.39 is 0 Å². The number of benzene rings is 6. The molecule has 0 saturated heterocycles. The molecule has 0 radical (unpaired) electrons. The fourth-order valence-electron chi connectivity index (χ4n) is 8.50. The minimum Gasteiger partial charge on any atom is -0.458 e. The summed E-state index contributed by atoms with van der Waals surface area (Å²) in [7, 11) is 0. The highest BCUT2D eigenvalue weighted by Crippen LogP contribution is 2.43. The second kappa shape index (κ2) is 12.6. The molecule has 272 valence electrons. The molecular formula is C51H37N5O. The molecule has 0 bridgehead atoms. The molecule has 6 aromatic carbocycles. The zero-order chi connectivity index (χ0) is 38.3. The maximum atomic E-state index is 6.71. The van der Waals surface area contributed by atoms with Crippen LogP contribution in [0.15, 0.2) is 170 Å². The predicted octanol–water partition coefficient (Wildman–Crippen LogP) is 12.0. The second-order valence-corrected chi connectivity index (χ2v) is 15.7. The maximum absolute atomic E-state index is 6.71. The summed E-state index contributed by atoms with van der Waals surface area (Å²) in [5.41, 5.74) is 13.2. The number of imidazole rings is 1. The molecule has 0 fully saturated rings. The number of pyridine rings is 2. The summed E-state index contributed by atoms with van der Waals surface area (Å²) in [6.45, 7) is 6.70. The van der Waals surface area contributed by atoms with Gasteiger partial charge < -0.3 is 9.30 Å². The maximum Gasteiger partial charge on any atom is 0.210 e. The topological polar surface area (TPSA) is 48.8 Å². The molecule has 57 heavy (non-hydrogen) atoms. The van der Waals surface area contributed by atoms with Crippen molar-refractivity contribution in [3.8, 4) is 62.2 Å². The first-order valence-corrected chi connectivity index (χ1v) is 19.3. The first-order valence-electron chi connectivity index (χ1n) is 19.3. The number of fused-ring (bicyclic) bond motifs is 10. The average molecular weight is 736 g/mol. The van der Waals surface area contributed by atoms with E-state index in [9.17, 15) is 0 Å². The molecular weight excluding hydrogens is 699 g/mol. The van der Waals surface area contributed by atoms with E-state index in [2.05, 4.69) is 180 Å². The first kappa shape index (κ1) is 33.1. The smallest absolute Gasteiger partial charge is 0.210 e. The molecule has 10 aromatic rings. The lowest BCUT2D eigenvalue weighted by Gasteiger charge is -2.20. The van der Waals surface area contributed by atoms with Crippen LogP contribution in [0.25, 0.3) is 83.5 Å². The number of hydrogen-bond acceptors (Lipinski definition) is 3. The summed E-state index contributed by atoms with van der Waals surface area (Å²) < 4.78 is 13.2. The SMILES string of the molecule is CC(C)(C)c1ccnc(-n2c3ccccc3c3ccc(Oc4cccc(-n5[c-][n+]6c7c(cccc75)-c5ccccc5-c5ccccc5-c5cccnc5-6)c4)cc32)c1. The highest BCUT2D eigenvalue weighted by molar-refractivity contribution is 6.09. The number of aromatic nitrogens is 5. The molecule has 11 rings (SSSR count). The zero-order valence-electron chi connectivity index (χ0n) is 31.8. The first-order chi connectivity index (χ1) is 27.9. The van der Waals surface area contributed by atoms with Gasteiger partial charge in [0.25, 0.3) is 0 Å². The standard InChI is InChI=1S/C51H37N5O/c1-51(2,3)33-26-28-52-48(29-33)56-45-22-9-8-19-41(45)42-25-24-36(31-47(42)56)57-35-14-10-13-34(30-35)54-32-55-49-43(20-11-23-46(49)54)39-17-6-4-15-37(39)38-16-5-7-18-40(38)44-21-12-27-53-50(44)55/h4-31H,1-3H3. The van der Waals surface area contributed by atoms with E-state index in [1.807, 2.05) is 30.6 Å². The van der Waals surface area contributed by atoms with E-state index in [0.717, 1.165) is 78.5 Å². The Morgan fingerprint density at radius 2 is 1.18 bits per heavy atom. The van der Waals surface area contributed by atoms with Gasteiger partial charge in [0.2, 0.25) is 5.82 Å². The Balaban J connectivity index is 1.05. The van der Waals surface area contributed by atoms with Crippen LogP contribution in [0.3, 0.4) is 0 Å². The Hall–Kier alpha value is -7.31. The van der Waals surface area contributed by atoms with Crippen molar-refractivity contribution in [3.63, 3.8) is 0 Å². The molecule has 0 spiro atoms. The van der Waals surface area contributed by atoms with Gasteiger partial charge in [-0.15, -0.1) is 4.98 Å². The van der Waals surface area contributed by atoms with E-state index >= 15 is 0 Å². The third-order valence-corrected chi connectivity index (χ3v) is 11.2. The van der Waals surface area contributed by atoms with E-state index in [1.165, 1.54) is 22.1 Å². The Morgan fingerprint density at radius 1 is 0.526 bits per heavy atom. The molecule has 0 unspecified atom stereocenters. The van der Waals surface area contributed by atoms with Crippen LogP contribution >= 0.6 is 0 Å². The van der Waals surface area contributed by atoms with Crippen LogP contribution in [0.5, 0.6) is 11.5 Å². The Morgan fingerprint density at radius 3 is 1.98 bits per heavy atom. The van der Waals surface area contributed by atoms with Crippen molar-refractivity contribution < 1.29 is 9.30 Å². The number of ether oxygens (including phenoxy) is 1. The largest absolute Gasteiger partial charge is 0.458 e. The molecule has 5 heterocycles. The van der Waals surface area contributed by atoms with Crippen molar-refractivity contribution >= 4 is 32.8 Å². The molecule has 1 aliphatic heterocycles. The zero-order valence-corrected chi connectivity index (χ0v) is 31.8. The third kappa shape index (κ3) is 5.29. The summed E-state index contributed by atoms with van der Waals surface area (Å²) in [5.74, 6) is 3.18. The van der Waals surface area contributed by atoms with Gasteiger partial charge in [-0.05, 0) is 87.3 Å². The number of para-hydroxylation sites is 2. The molecule has 6 heteroatoms. The monoisotopic (exact) mass is 735 g/mol. The minimum absolute atomic E-state index is 0.00957. The second-order valence-electron chi connectivity index (χ2n) is 15.7. The fraction of sp³-hybridized carbons (Fsp3) is 0.0784. The number of hydrogen-bond donors (Lipinski definition) is 0. The van der Waals surface area contributed by atoms with Gasteiger partial charge in [-0.25, -0.2) is 4.98 Å². The van der Waals surface area contributed by atoms with Gasteiger partial charge in [0.1, 0.15) is 17.3 Å². The van der Waals surface area contributed by atoms with Crippen molar-refractivity contribution in [3.05, 3.63) is 182 Å². The van der Waals surface area contributed by atoms with Gasteiger partial charge in [0, 0.05) is 39.8 Å². The van der Waals surface area contributed by atoms with Crippen molar-refractivity contribution in [2.75, 3.05) is 0 Å². The quantitative estimate of drug-likeness (QED) is 0.134. The van der Waals surface area contributed by atoms with Gasteiger partial charge in [-0.3, -0.25) is 9.13 Å². The van der Waals surface area contributed by atoms with Gasteiger partial charge in [-0.2, -0.15) is 0 Å². The molecule has 0 atom stereocenters.